The highest BCUT2D eigenvalue weighted by atomic mass is 35.5. The molecule has 1 fully saturated rings. The Morgan fingerprint density at radius 3 is 2.58 bits per heavy atom. The minimum Gasteiger partial charge on any atom is -0.493 e. The number of nitrogens with zero attached hydrogens (tertiary/aromatic N) is 3. The number of hydrogen-bond donors (Lipinski definition) is 1. The van der Waals surface area contributed by atoms with Crippen LogP contribution in [0.25, 0.3) is 10.7 Å². The maximum Gasteiger partial charge on any atom is 0.323 e. The fraction of sp³-hybridized carbons (Fsp3) is 0.407. The van der Waals surface area contributed by atoms with E-state index in [2.05, 4.69) is 9.97 Å². The van der Waals surface area contributed by atoms with Crippen molar-refractivity contribution in [3.05, 3.63) is 52.1 Å². The minimum atomic E-state index is -0.666. The molecule has 1 aliphatic heterocycles. The molecule has 3 aromatic rings. The van der Waals surface area contributed by atoms with E-state index in [1.165, 1.54) is 23.7 Å². The Morgan fingerprint density at radius 1 is 1.21 bits per heavy atom. The number of carbonyl (C=O) groups excluding carboxylic acids is 2. The van der Waals surface area contributed by atoms with Crippen molar-refractivity contribution in [2.24, 2.45) is 17.6 Å². The summed E-state index contributed by atoms with van der Waals surface area (Å²) in [5.41, 5.74) is 7.57. The van der Waals surface area contributed by atoms with Crippen LogP contribution in [-0.2, 0) is 16.1 Å². The van der Waals surface area contributed by atoms with Gasteiger partial charge >= 0.3 is 5.97 Å². The van der Waals surface area contributed by atoms with Gasteiger partial charge in [-0.25, -0.2) is 9.97 Å². The number of benzene rings is 1. The molecule has 11 heteroatoms. The molecule has 1 aromatic carbocycles. The van der Waals surface area contributed by atoms with Crippen molar-refractivity contribution in [1.82, 2.24) is 9.97 Å². The van der Waals surface area contributed by atoms with Crippen LogP contribution in [0.4, 0.5) is 5.69 Å². The van der Waals surface area contributed by atoms with Gasteiger partial charge in [-0.3, -0.25) is 9.59 Å². The number of nitrogens with two attached hydrogens (primary N) is 1. The molecule has 2 unspecified atom stereocenters. The summed E-state index contributed by atoms with van der Waals surface area (Å²) in [6.07, 6.45) is 4.68. The number of thiophene rings is 1. The fourth-order valence-corrected chi connectivity index (χ4v) is 5.37. The van der Waals surface area contributed by atoms with Crippen LogP contribution in [0, 0.1) is 11.8 Å². The smallest absolute Gasteiger partial charge is 0.323 e. The summed E-state index contributed by atoms with van der Waals surface area (Å²) in [7, 11) is 1.55. The van der Waals surface area contributed by atoms with Crippen LogP contribution < -0.4 is 20.1 Å². The Kier molecular flexibility index (Phi) is 7.56. The van der Waals surface area contributed by atoms with Gasteiger partial charge in [0.05, 0.1) is 28.4 Å². The van der Waals surface area contributed by atoms with Crippen molar-refractivity contribution in [2.75, 3.05) is 18.6 Å². The van der Waals surface area contributed by atoms with Gasteiger partial charge in [-0.15, -0.1) is 11.3 Å². The number of carbonyl (C=O) groups is 2. The lowest BCUT2D eigenvalue weighted by atomic mass is 10.1. The van der Waals surface area contributed by atoms with Crippen LogP contribution in [0.5, 0.6) is 11.5 Å². The molecule has 0 bridgehead atoms. The first-order chi connectivity index (χ1) is 18.2. The van der Waals surface area contributed by atoms with E-state index < -0.39 is 12.0 Å². The Labute approximate surface area is 229 Å². The van der Waals surface area contributed by atoms with Crippen LogP contribution in [0.2, 0.25) is 5.02 Å². The standard InChI is InChI=1S/C27H29ClN4O5S/c1-14(2)23(29)27(34)37-21(15-4-5-15)13-36-19-7-6-18(9-20(19)35-3)32-12-16-8-22(38-24(16)26(32)33)25-30-10-17(28)11-31-25/h6-11,14-15,21,23H,4-5,12-13,29H2,1-3H3. The number of hydrogen-bond acceptors (Lipinski definition) is 9. The molecule has 2 aliphatic rings. The number of anilines is 1. The highest BCUT2D eigenvalue weighted by Gasteiger charge is 2.36. The van der Waals surface area contributed by atoms with Crippen molar-refractivity contribution in [3.63, 3.8) is 0 Å². The average Bonchev–Trinajstić information content (AvgIpc) is 3.60. The molecule has 0 radical (unpaired) electrons. The quantitative estimate of drug-likeness (QED) is 0.357. The zero-order valence-corrected chi connectivity index (χ0v) is 22.9. The maximum atomic E-state index is 13.2. The SMILES string of the molecule is COc1cc(N2Cc3cc(-c4ncc(Cl)cn4)sc3C2=O)ccc1OCC(OC(=O)C(N)C(C)C)C1CC1. The summed E-state index contributed by atoms with van der Waals surface area (Å²) in [5.74, 6) is 1.30. The third-order valence-corrected chi connectivity index (χ3v) is 8.04. The van der Waals surface area contributed by atoms with E-state index in [1.807, 2.05) is 26.0 Å². The molecule has 2 N–H and O–H groups in total. The topological polar surface area (TPSA) is 117 Å². The molecule has 9 nitrogen and oxygen atoms in total. The predicted octanol–water partition coefficient (Wildman–Crippen LogP) is 4.71. The Morgan fingerprint density at radius 2 is 1.95 bits per heavy atom. The lowest BCUT2D eigenvalue weighted by Gasteiger charge is -2.23. The van der Waals surface area contributed by atoms with Crippen LogP contribution in [-0.4, -0.2) is 47.7 Å². The van der Waals surface area contributed by atoms with Gasteiger partial charge in [-0.05, 0) is 48.4 Å². The highest BCUT2D eigenvalue weighted by molar-refractivity contribution is 7.17. The highest BCUT2D eigenvalue weighted by Crippen LogP contribution is 2.40. The molecule has 0 spiro atoms. The fourth-order valence-electron chi connectivity index (χ4n) is 4.20. The second-order valence-corrected chi connectivity index (χ2v) is 11.3. The zero-order valence-electron chi connectivity index (χ0n) is 21.3. The van der Waals surface area contributed by atoms with E-state index in [9.17, 15) is 9.59 Å². The second-order valence-electron chi connectivity index (χ2n) is 9.81. The summed E-state index contributed by atoms with van der Waals surface area (Å²) < 4.78 is 17.3. The van der Waals surface area contributed by atoms with Gasteiger partial charge in [0.2, 0.25) is 0 Å². The molecule has 5 rings (SSSR count). The lowest BCUT2D eigenvalue weighted by molar-refractivity contribution is -0.154. The van der Waals surface area contributed by atoms with Crippen LogP contribution in [0.15, 0.2) is 36.7 Å². The molecular weight excluding hydrogens is 528 g/mol. The van der Waals surface area contributed by atoms with Gasteiger partial charge in [0.1, 0.15) is 18.8 Å². The Bertz CT molecular complexity index is 1340. The summed E-state index contributed by atoms with van der Waals surface area (Å²) in [5, 5.41) is 0.459. The monoisotopic (exact) mass is 556 g/mol. The van der Waals surface area contributed by atoms with Crippen molar-refractivity contribution in [3.8, 4) is 22.2 Å². The number of rotatable bonds is 10. The Hall–Kier alpha value is -3.21. The van der Waals surface area contributed by atoms with Gasteiger partial charge < -0.3 is 24.8 Å². The summed E-state index contributed by atoms with van der Waals surface area (Å²) in [6.45, 7) is 4.40. The number of ether oxygens (including phenoxy) is 3. The zero-order chi connectivity index (χ0) is 27.0. The van der Waals surface area contributed by atoms with Gasteiger partial charge in [-0.1, -0.05) is 25.4 Å². The first kappa shape index (κ1) is 26.4. The van der Waals surface area contributed by atoms with Crippen LogP contribution in [0.3, 0.4) is 0 Å². The van der Waals surface area contributed by atoms with Gasteiger partial charge in [0.15, 0.2) is 17.3 Å². The summed E-state index contributed by atoms with van der Waals surface area (Å²) in [4.78, 5) is 37.3. The number of fused-ring (bicyclic) bond motifs is 1. The van der Waals surface area contributed by atoms with E-state index in [-0.39, 0.29) is 30.5 Å². The maximum absolute atomic E-state index is 13.2. The number of methoxy groups -OCH3 is 1. The van der Waals surface area contributed by atoms with Crippen LogP contribution >= 0.6 is 22.9 Å². The third-order valence-electron chi connectivity index (χ3n) is 6.69. The minimum absolute atomic E-state index is 0.00804. The van der Waals surface area contributed by atoms with Gasteiger partial charge in [0.25, 0.3) is 5.91 Å². The van der Waals surface area contributed by atoms with Crippen molar-refractivity contribution in [2.45, 2.75) is 45.4 Å². The molecule has 0 saturated heterocycles. The third kappa shape index (κ3) is 5.48. The van der Waals surface area contributed by atoms with E-state index in [4.69, 9.17) is 31.5 Å². The molecule has 2 atom stereocenters. The molecule has 1 saturated carbocycles. The molecule has 1 amide bonds. The number of halogens is 1. The molecule has 2 aromatic heterocycles. The van der Waals surface area contributed by atoms with E-state index >= 15 is 0 Å². The lowest BCUT2D eigenvalue weighted by Crippen LogP contribution is -2.40. The first-order valence-corrected chi connectivity index (χ1v) is 13.6. The van der Waals surface area contributed by atoms with Crippen molar-refractivity contribution in [1.29, 1.82) is 0 Å². The molecule has 200 valence electrons. The van der Waals surface area contributed by atoms with E-state index in [1.54, 1.807) is 24.1 Å². The number of aromatic nitrogens is 2. The van der Waals surface area contributed by atoms with Gasteiger partial charge in [-0.2, -0.15) is 0 Å². The van der Waals surface area contributed by atoms with E-state index in [0.29, 0.717) is 39.5 Å². The molecular formula is C27H29ClN4O5S. The second kappa shape index (κ2) is 10.9. The molecule has 3 heterocycles. The van der Waals surface area contributed by atoms with Crippen molar-refractivity contribution >= 4 is 40.5 Å². The molecule has 1 aliphatic carbocycles. The van der Waals surface area contributed by atoms with Crippen LogP contribution in [0.1, 0.15) is 41.9 Å². The number of amides is 1. The summed E-state index contributed by atoms with van der Waals surface area (Å²) >= 11 is 7.25. The number of esters is 1. The predicted molar refractivity (Wildman–Crippen MR) is 145 cm³/mol. The normalized spacial score (nSPS) is 16.4. The largest absolute Gasteiger partial charge is 0.493 e. The van der Waals surface area contributed by atoms with E-state index in [0.717, 1.165) is 23.3 Å². The van der Waals surface area contributed by atoms with Crippen molar-refractivity contribution < 1.29 is 23.8 Å². The average molecular weight is 557 g/mol. The summed E-state index contributed by atoms with van der Waals surface area (Å²) in [6, 6.07) is 6.65. The van der Waals surface area contributed by atoms with Gasteiger partial charge in [0, 0.05) is 24.1 Å². The first-order valence-electron chi connectivity index (χ1n) is 12.4. The Balaban J connectivity index is 1.26. The molecule has 38 heavy (non-hydrogen) atoms.